The van der Waals surface area contributed by atoms with Gasteiger partial charge >= 0.3 is 0 Å². The lowest BCUT2D eigenvalue weighted by molar-refractivity contribution is 0.0923. The lowest BCUT2D eigenvalue weighted by atomic mass is 10.1. The maximum atomic E-state index is 12.9. The zero-order chi connectivity index (χ0) is 19.4. The Bertz CT molecular complexity index is 841. The quantitative estimate of drug-likeness (QED) is 0.818. The SMILES string of the molecule is CCc1ccccc1NC(=O)c1nc(C(=O)NC(C)CC)n2c1CCCC2. The zero-order valence-electron chi connectivity index (χ0n) is 16.3. The number of aryl methyl sites for hydroxylation is 1. The van der Waals surface area contributed by atoms with Crippen molar-refractivity contribution in [2.45, 2.75) is 65.5 Å². The monoisotopic (exact) mass is 368 g/mol. The van der Waals surface area contributed by atoms with Crippen molar-refractivity contribution in [2.75, 3.05) is 5.32 Å². The van der Waals surface area contributed by atoms with E-state index < -0.39 is 0 Å². The van der Waals surface area contributed by atoms with Crippen LogP contribution in [0.25, 0.3) is 0 Å². The van der Waals surface area contributed by atoms with E-state index in [9.17, 15) is 9.59 Å². The van der Waals surface area contributed by atoms with E-state index in [0.29, 0.717) is 11.5 Å². The van der Waals surface area contributed by atoms with Crippen LogP contribution in [0, 0.1) is 0 Å². The van der Waals surface area contributed by atoms with Gasteiger partial charge in [-0.3, -0.25) is 9.59 Å². The van der Waals surface area contributed by atoms with Gasteiger partial charge in [0, 0.05) is 18.3 Å². The molecule has 0 radical (unpaired) electrons. The first-order chi connectivity index (χ1) is 13.0. The number of nitrogens with one attached hydrogen (secondary N) is 2. The molecule has 0 spiro atoms. The summed E-state index contributed by atoms with van der Waals surface area (Å²) < 4.78 is 1.92. The molecule has 0 bridgehead atoms. The van der Waals surface area contributed by atoms with E-state index >= 15 is 0 Å². The Kier molecular flexibility index (Phi) is 5.94. The number of hydrogen-bond acceptors (Lipinski definition) is 3. The van der Waals surface area contributed by atoms with E-state index in [4.69, 9.17) is 0 Å². The van der Waals surface area contributed by atoms with Gasteiger partial charge in [-0.05, 0) is 50.7 Å². The molecule has 144 valence electrons. The fraction of sp³-hybridized carbons (Fsp3) is 0.476. The minimum atomic E-state index is -0.246. The molecule has 3 rings (SSSR count). The first-order valence-electron chi connectivity index (χ1n) is 9.84. The van der Waals surface area contributed by atoms with Crippen LogP contribution in [-0.4, -0.2) is 27.4 Å². The highest BCUT2D eigenvalue weighted by atomic mass is 16.2. The van der Waals surface area contributed by atoms with Crippen LogP contribution < -0.4 is 10.6 Å². The molecule has 2 amide bonds. The van der Waals surface area contributed by atoms with Crippen LogP contribution >= 0.6 is 0 Å². The number of amides is 2. The van der Waals surface area contributed by atoms with Crippen LogP contribution in [0.3, 0.4) is 0 Å². The van der Waals surface area contributed by atoms with Crippen molar-refractivity contribution in [1.82, 2.24) is 14.9 Å². The Morgan fingerprint density at radius 1 is 1.19 bits per heavy atom. The van der Waals surface area contributed by atoms with Gasteiger partial charge in [-0.15, -0.1) is 0 Å². The summed E-state index contributed by atoms with van der Waals surface area (Å²) in [7, 11) is 0. The predicted octanol–water partition coefficient (Wildman–Crippen LogP) is 3.56. The van der Waals surface area contributed by atoms with Gasteiger partial charge in [0.05, 0.1) is 5.69 Å². The lowest BCUT2D eigenvalue weighted by Crippen LogP contribution is -2.34. The fourth-order valence-electron chi connectivity index (χ4n) is 3.42. The van der Waals surface area contributed by atoms with Gasteiger partial charge in [0.1, 0.15) is 0 Å². The summed E-state index contributed by atoms with van der Waals surface area (Å²) in [6.45, 7) is 6.77. The number of fused-ring (bicyclic) bond motifs is 1. The smallest absolute Gasteiger partial charge is 0.287 e. The Morgan fingerprint density at radius 2 is 1.96 bits per heavy atom. The van der Waals surface area contributed by atoms with E-state index in [0.717, 1.165) is 55.6 Å². The molecule has 2 N–H and O–H groups in total. The highest BCUT2D eigenvalue weighted by Crippen LogP contribution is 2.23. The van der Waals surface area contributed by atoms with Crippen molar-refractivity contribution in [1.29, 1.82) is 0 Å². The zero-order valence-corrected chi connectivity index (χ0v) is 16.3. The molecule has 1 aromatic heterocycles. The second-order valence-electron chi connectivity index (χ2n) is 7.09. The molecule has 1 aromatic carbocycles. The number of anilines is 1. The van der Waals surface area contributed by atoms with Gasteiger partial charge < -0.3 is 15.2 Å². The highest BCUT2D eigenvalue weighted by molar-refractivity contribution is 6.05. The number of imidazole rings is 1. The van der Waals surface area contributed by atoms with Gasteiger partial charge in [0.2, 0.25) is 0 Å². The number of para-hydroxylation sites is 1. The first kappa shape index (κ1) is 19.1. The second-order valence-corrected chi connectivity index (χ2v) is 7.09. The first-order valence-corrected chi connectivity index (χ1v) is 9.84. The molecule has 1 unspecified atom stereocenters. The molecule has 0 fully saturated rings. The Morgan fingerprint density at radius 3 is 2.70 bits per heavy atom. The van der Waals surface area contributed by atoms with Gasteiger partial charge in [0.15, 0.2) is 11.5 Å². The summed E-state index contributed by atoms with van der Waals surface area (Å²) in [5, 5.41) is 5.95. The summed E-state index contributed by atoms with van der Waals surface area (Å²) in [5.74, 6) is -0.108. The standard InChI is InChI=1S/C21H28N4O2/c1-4-14(3)22-21(27)19-24-18(17-12-8-9-13-25(17)19)20(26)23-16-11-7-6-10-15(16)5-2/h6-7,10-11,14H,4-5,8-9,12-13H2,1-3H3,(H,22,27)(H,23,26). The van der Waals surface area contributed by atoms with Crippen LogP contribution in [0.5, 0.6) is 0 Å². The number of carbonyl (C=O) groups excluding carboxylic acids is 2. The van der Waals surface area contributed by atoms with Gasteiger partial charge in [-0.1, -0.05) is 32.0 Å². The highest BCUT2D eigenvalue weighted by Gasteiger charge is 2.28. The minimum Gasteiger partial charge on any atom is -0.347 e. The molecule has 0 aliphatic carbocycles. The van der Waals surface area contributed by atoms with E-state index in [1.165, 1.54) is 0 Å². The predicted molar refractivity (Wildman–Crippen MR) is 106 cm³/mol. The maximum absolute atomic E-state index is 12.9. The molecule has 6 heteroatoms. The average Bonchev–Trinajstić information content (AvgIpc) is 3.08. The molecular weight excluding hydrogens is 340 g/mol. The van der Waals surface area contributed by atoms with Crippen molar-refractivity contribution in [3.8, 4) is 0 Å². The molecule has 1 aliphatic rings. The van der Waals surface area contributed by atoms with Gasteiger partial charge in [-0.25, -0.2) is 4.98 Å². The lowest BCUT2D eigenvalue weighted by Gasteiger charge is -2.18. The molecular formula is C21H28N4O2. The summed E-state index contributed by atoms with van der Waals surface area (Å²) in [4.78, 5) is 30.1. The van der Waals surface area contributed by atoms with Gasteiger partial charge in [-0.2, -0.15) is 0 Å². The van der Waals surface area contributed by atoms with Crippen molar-refractivity contribution in [3.63, 3.8) is 0 Å². The summed E-state index contributed by atoms with van der Waals surface area (Å²) in [6.07, 6.45) is 4.44. The van der Waals surface area contributed by atoms with Crippen molar-refractivity contribution < 1.29 is 9.59 Å². The normalized spacial score (nSPS) is 14.3. The number of nitrogens with zero attached hydrogens (tertiary/aromatic N) is 2. The number of rotatable bonds is 6. The number of benzene rings is 1. The molecule has 27 heavy (non-hydrogen) atoms. The fourth-order valence-corrected chi connectivity index (χ4v) is 3.42. The third-order valence-corrected chi connectivity index (χ3v) is 5.17. The molecule has 2 aromatic rings. The number of carbonyl (C=O) groups is 2. The van der Waals surface area contributed by atoms with Crippen molar-refractivity contribution in [2.24, 2.45) is 0 Å². The van der Waals surface area contributed by atoms with E-state index in [2.05, 4.69) is 22.5 Å². The molecule has 6 nitrogen and oxygen atoms in total. The van der Waals surface area contributed by atoms with E-state index in [-0.39, 0.29) is 17.9 Å². The third-order valence-electron chi connectivity index (χ3n) is 5.17. The van der Waals surface area contributed by atoms with Crippen LogP contribution in [0.1, 0.15) is 72.4 Å². The van der Waals surface area contributed by atoms with Crippen LogP contribution in [0.15, 0.2) is 24.3 Å². The number of aromatic nitrogens is 2. The van der Waals surface area contributed by atoms with E-state index in [1.54, 1.807) is 0 Å². The van der Waals surface area contributed by atoms with E-state index in [1.807, 2.05) is 42.7 Å². The molecule has 1 atom stereocenters. The van der Waals surface area contributed by atoms with Crippen LogP contribution in [-0.2, 0) is 19.4 Å². The summed E-state index contributed by atoms with van der Waals surface area (Å²) in [6, 6.07) is 7.84. The number of hydrogen-bond donors (Lipinski definition) is 2. The Hall–Kier alpha value is -2.63. The molecule has 1 aliphatic heterocycles. The molecule has 0 saturated heterocycles. The van der Waals surface area contributed by atoms with Gasteiger partial charge in [0.25, 0.3) is 11.8 Å². The topological polar surface area (TPSA) is 76.0 Å². The third kappa shape index (κ3) is 4.04. The minimum absolute atomic E-state index is 0.0720. The van der Waals surface area contributed by atoms with Crippen molar-refractivity contribution in [3.05, 3.63) is 47.0 Å². The second kappa shape index (κ2) is 8.37. The molecule has 2 heterocycles. The Balaban J connectivity index is 1.91. The maximum Gasteiger partial charge on any atom is 0.287 e. The van der Waals surface area contributed by atoms with Crippen molar-refractivity contribution >= 4 is 17.5 Å². The average molecular weight is 368 g/mol. The molecule has 0 saturated carbocycles. The summed E-state index contributed by atoms with van der Waals surface area (Å²) >= 11 is 0. The Labute approximate surface area is 160 Å². The van der Waals surface area contributed by atoms with Crippen LogP contribution in [0.2, 0.25) is 0 Å². The summed E-state index contributed by atoms with van der Waals surface area (Å²) in [5.41, 5.74) is 3.11. The van der Waals surface area contributed by atoms with Crippen LogP contribution in [0.4, 0.5) is 5.69 Å². The largest absolute Gasteiger partial charge is 0.347 e.